The fourth-order valence-corrected chi connectivity index (χ4v) is 3.59. The SMILES string of the molecule is O=C(NCc1cc2ccccc2o1)c1nnn(-c2ccc(Br)cc2)c1C1CC1. The topological polar surface area (TPSA) is 73.0 Å². The maximum absolute atomic E-state index is 12.8. The number of carbonyl (C=O) groups excluding carboxylic acids is 1. The van der Waals surface area contributed by atoms with E-state index >= 15 is 0 Å². The molecule has 0 atom stereocenters. The van der Waals surface area contributed by atoms with Gasteiger partial charge in [-0.1, -0.05) is 39.3 Å². The Kier molecular flexibility index (Phi) is 4.24. The fourth-order valence-electron chi connectivity index (χ4n) is 3.32. The van der Waals surface area contributed by atoms with Gasteiger partial charge >= 0.3 is 0 Å². The minimum Gasteiger partial charge on any atom is -0.459 e. The third kappa shape index (κ3) is 3.22. The van der Waals surface area contributed by atoms with E-state index in [2.05, 4.69) is 31.6 Å². The first-order valence-corrected chi connectivity index (χ1v) is 9.95. The van der Waals surface area contributed by atoms with Crippen LogP contribution in [0.5, 0.6) is 0 Å². The summed E-state index contributed by atoms with van der Waals surface area (Å²) in [6.07, 6.45) is 2.10. The van der Waals surface area contributed by atoms with Crippen molar-refractivity contribution in [1.29, 1.82) is 0 Å². The van der Waals surface area contributed by atoms with Gasteiger partial charge in [0.05, 0.1) is 17.9 Å². The zero-order chi connectivity index (χ0) is 19.1. The highest BCUT2D eigenvalue weighted by Crippen LogP contribution is 2.42. The number of nitrogens with one attached hydrogen (secondary N) is 1. The lowest BCUT2D eigenvalue weighted by atomic mass is 10.2. The standard InChI is InChI=1S/C21H17BrN4O2/c22-15-7-9-16(10-8-15)26-20(13-5-6-13)19(24-25-26)21(27)23-12-17-11-14-3-1-2-4-18(14)28-17/h1-4,7-11,13H,5-6,12H2,(H,23,27). The molecule has 0 saturated heterocycles. The van der Waals surface area contributed by atoms with E-state index in [9.17, 15) is 4.79 Å². The summed E-state index contributed by atoms with van der Waals surface area (Å²) in [6, 6.07) is 17.6. The summed E-state index contributed by atoms with van der Waals surface area (Å²) in [5.74, 6) is 0.805. The molecule has 1 aliphatic carbocycles. The quantitative estimate of drug-likeness (QED) is 0.496. The predicted octanol–water partition coefficient (Wildman–Crippen LogP) is 4.58. The third-order valence-corrected chi connectivity index (χ3v) is 5.38. The van der Waals surface area contributed by atoms with Gasteiger partial charge < -0.3 is 9.73 Å². The average molecular weight is 437 g/mol. The number of nitrogens with zero attached hydrogens (tertiary/aromatic N) is 3. The monoisotopic (exact) mass is 436 g/mol. The molecule has 0 aliphatic heterocycles. The minimum absolute atomic E-state index is 0.231. The maximum atomic E-state index is 12.8. The van der Waals surface area contributed by atoms with Crippen molar-refractivity contribution in [3.05, 3.63) is 76.2 Å². The molecule has 6 nitrogen and oxygen atoms in total. The molecular formula is C21H17BrN4O2. The van der Waals surface area contributed by atoms with Crippen molar-refractivity contribution >= 4 is 32.8 Å². The Hall–Kier alpha value is -2.93. The van der Waals surface area contributed by atoms with Gasteiger partial charge in [0.25, 0.3) is 5.91 Å². The third-order valence-electron chi connectivity index (χ3n) is 4.86. The van der Waals surface area contributed by atoms with Gasteiger partial charge in [0.15, 0.2) is 5.69 Å². The van der Waals surface area contributed by atoms with Gasteiger partial charge in [-0.25, -0.2) is 4.68 Å². The molecule has 0 unspecified atom stereocenters. The number of benzene rings is 2. The highest BCUT2D eigenvalue weighted by molar-refractivity contribution is 9.10. The van der Waals surface area contributed by atoms with E-state index in [1.165, 1.54) is 0 Å². The molecule has 1 amide bonds. The second-order valence-corrected chi connectivity index (χ2v) is 7.83. The molecule has 7 heteroatoms. The van der Waals surface area contributed by atoms with Gasteiger partial charge in [0, 0.05) is 15.8 Å². The number of carbonyl (C=O) groups is 1. The lowest BCUT2D eigenvalue weighted by molar-refractivity contribution is 0.0942. The first kappa shape index (κ1) is 17.2. The van der Waals surface area contributed by atoms with E-state index in [1.807, 2.05) is 54.6 Å². The van der Waals surface area contributed by atoms with Gasteiger partial charge in [-0.3, -0.25) is 4.79 Å². The number of hydrogen-bond acceptors (Lipinski definition) is 4. The molecule has 2 heterocycles. The zero-order valence-corrected chi connectivity index (χ0v) is 16.5. The molecule has 2 aromatic heterocycles. The van der Waals surface area contributed by atoms with Crippen molar-refractivity contribution in [3.63, 3.8) is 0 Å². The number of halogens is 1. The van der Waals surface area contributed by atoms with Crippen LogP contribution in [-0.2, 0) is 6.54 Å². The molecule has 2 aromatic carbocycles. The number of aromatic nitrogens is 3. The van der Waals surface area contributed by atoms with Crippen LogP contribution in [0, 0.1) is 0 Å². The Balaban J connectivity index is 1.39. The maximum Gasteiger partial charge on any atom is 0.274 e. The second-order valence-electron chi connectivity index (χ2n) is 6.92. The van der Waals surface area contributed by atoms with Crippen molar-refractivity contribution in [2.24, 2.45) is 0 Å². The number of para-hydroxylation sites is 1. The van der Waals surface area contributed by atoms with Crippen LogP contribution in [0.3, 0.4) is 0 Å². The van der Waals surface area contributed by atoms with Crippen molar-refractivity contribution in [3.8, 4) is 5.69 Å². The fraction of sp³-hybridized carbons (Fsp3) is 0.190. The van der Waals surface area contributed by atoms with Crippen LogP contribution in [0.15, 0.2) is 63.5 Å². The van der Waals surface area contributed by atoms with Gasteiger partial charge in [0.1, 0.15) is 11.3 Å². The first-order valence-electron chi connectivity index (χ1n) is 9.16. The van der Waals surface area contributed by atoms with Gasteiger partial charge in [-0.15, -0.1) is 5.10 Å². The molecule has 1 saturated carbocycles. The molecule has 0 radical (unpaired) electrons. The lowest BCUT2D eigenvalue weighted by Crippen LogP contribution is -2.24. The van der Waals surface area contributed by atoms with Gasteiger partial charge in [-0.2, -0.15) is 0 Å². The van der Waals surface area contributed by atoms with Crippen molar-refractivity contribution in [1.82, 2.24) is 20.3 Å². The Morgan fingerprint density at radius 2 is 1.96 bits per heavy atom. The Labute approximate surface area is 169 Å². The summed E-state index contributed by atoms with van der Waals surface area (Å²) in [6.45, 7) is 0.308. The zero-order valence-electron chi connectivity index (χ0n) is 14.9. The van der Waals surface area contributed by atoms with E-state index < -0.39 is 0 Å². The number of fused-ring (bicyclic) bond motifs is 1. The number of furan rings is 1. The predicted molar refractivity (Wildman–Crippen MR) is 108 cm³/mol. The van der Waals surface area contributed by atoms with E-state index in [1.54, 1.807) is 4.68 Å². The van der Waals surface area contributed by atoms with E-state index in [-0.39, 0.29) is 5.91 Å². The molecule has 28 heavy (non-hydrogen) atoms. The number of rotatable bonds is 5. The average Bonchev–Trinajstić information content (AvgIpc) is 3.31. The van der Waals surface area contributed by atoms with E-state index in [0.29, 0.717) is 23.9 Å². The van der Waals surface area contributed by atoms with Crippen molar-refractivity contribution < 1.29 is 9.21 Å². The van der Waals surface area contributed by atoms with Crippen molar-refractivity contribution in [2.75, 3.05) is 0 Å². The van der Waals surface area contributed by atoms with Gasteiger partial charge in [0.2, 0.25) is 0 Å². The van der Waals surface area contributed by atoms with E-state index in [4.69, 9.17) is 4.42 Å². The van der Waals surface area contributed by atoms with Crippen LogP contribution in [0.4, 0.5) is 0 Å². The van der Waals surface area contributed by atoms with Crippen molar-refractivity contribution in [2.45, 2.75) is 25.3 Å². The number of amides is 1. The second kappa shape index (κ2) is 6.91. The molecule has 1 fully saturated rings. The molecule has 5 rings (SSSR count). The molecule has 1 aliphatic rings. The first-order chi connectivity index (χ1) is 13.7. The molecule has 0 spiro atoms. The molecular weight excluding hydrogens is 420 g/mol. The highest BCUT2D eigenvalue weighted by Gasteiger charge is 2.34. The van der Waals surface area contributed by atoms with Crippen LogP contribution in [0.1, 0.15) is 40.7 Å². The van der Waals surface area contributed by atoms with Crippen LogP contribution >= 0.6 is 15.9 Å². The molecule has 1 N–H and O–H groups in total. The van der Waals surface area contributed by atoms with Gasteiger partial charge in [-0.05, 0) is 49.2 Å². The Morgan fingerprint density at radius 1 is 1.18 bits per heavy atom. The number of hydrogen-bond donors (Lipinski definition) is 1. The highest BCUT2D eigenvalue weighted by atomic mass is 79.9. The summed E-state index contributed by atoms with van der Waals surface area (Å²) in [4.78, 5) is 12.8. The molecule has 4 aromatic rings. The minimum atomic E-state index is -0.231. The molecule has 140 valence electrons. The molecule has 0 bridgehead atoms. The summed E-state index contributed by atoms with van der Waals surface area (Å²) < 4.78 is 8.54. The largest absolute Gasteiger partial charge is 0.459 e. The summed E-state index contributed by atoms with van der Waals surface area (Å²) in [5.41, 5.74) is 2.98. The van der Waals surface area contributed by atoms with Crippen LogP contribution in [0.25, 0.3) is 16.7 Å². The van der Waals surface area contributed by atoms with E-state index in [0.717, 1.165) is 39.7 Å². The Morgan fingerprint density at radius 3 is 2.71 bits per heavy atom. The summed E-state index contributed by atoms with van der Waals surface area (Å²) in [7, 11) is 0. The van der Waals surface area contributed by atoms with Crippen LogP contribution in [-0.4, -0.2) is 20.9 Å². The smallest absolute Gasteiger partial charge is 0.274 e. The normalized spacial score (nSPS) is 13.8. The van der Waals surface area contributed by atoms with Crippen LogP contribution < -0.4 is 5.32 Å². The van der Waals surface area contributed by atoms with Crippen LogP contribution in [0.2, 0.25) is 0 Å². The lowest BCUT2D eigenvalue weighted by Gasteiger charge is -2.07. The summed E-state index contributed by atoms with van der Waals surface area (Å²) >= 11 is 3.44. The Bertz CT molecular complexity index is 1130. The summed E-state index contributed by atoms with van der Waals surface area (Å²) in [5, 5.41) is 12.4.